The lowest BCUT2D eigenvalue weighted by Crippen LogP contribution is -2.04. The lowest BCUT2D eigenvalue weighted by Gasteiger charge is -2.13. The molecule has 0 amide bonds. The maximum atomic E-state index is 11.5. The highest BCUT2D eigenvalue weighted by Crippen LogP contribution is 2.44. The highest BCUT2D eigenvalue weighted by Gasteiger charge is 2.21. The molecule has 0 aliphatic heterocycles. The Labute approximate surface area is 182 Å². The third-order valence-electron chi connectivity index (χ3n) is 4.03. The summed E-state index contributed by atoms with van der Waals surface area (Å²) in [6, 6.07) is 16.2. The largest absolute Gasteiger partial charge is 0.374 e. The zero-order valence-electron chi connectivity index (χ0n) is 14.7. The number of aryl methyl sites for hydroxylation is 1. The molecule has 0 heterocycles. The molecular weight excluding hydrogens is 439 g/mol. The molecule has 8 heteroatoms. The Morgan fingerprint density at radius 3 is 2.39 bits per heavy atom. The van der Waals surface area contributed by atoms with E-state index >= 15 is 0 Å². The van der Waals surface area contributed by atoms with E-state index in [1.165, 1.54) is 17.8 Å². The zero-order chi connectivity index (χ0) is 20.3. The molecule has 0 atom stereocenters. The first kappa shape index (κ1) is 20.8. The Hall–Kier alpha value is -1.92. The number of nitrogens with zero attached hydrogens (tertiary/aromatic N) is 1. The quantitative estimate of drug-likeness (QED) is 0.308. The second-order valence-electron chi connectivity index (χ2n) is 6.00. The molecule has 3 aromatic rings. The van der Waals surface area contributed by atoms with Gasteiger partial charge in [0.2, 0.25) is 0 Å². The predicted molar refractivity (Wildman–Crippen MR) is 117 cm³/mol. The number of halogens is 3. The van der Waals surface area contributed by atoms with E-state index in [9.17, 15) is 10.1 Å². The molecule has 0 fully saturated rings. The molecule has 0 aliphatic rings. The van der Waals surface area contributed by atoms with Crippen LogP contribution in [0.2, 0.25) is 15.1 Å². The van der Waals surface area contributed by atoms with Gasteiger partial charge in [-0.2, -0.15) is 0 Å². The first-order chi connectivity index (χ1) is 13.4. The first-order valence-corrected chi connectivity index (χ1v) is 10.2. The maximum absolute atomic E-state index is 11.5. The van der Waals surface area contributed by atoms with Gasteiger partial charge in [0, 0.05) is 27.4 Å². The predicted octanol–water partition coefficient (Wildman–Crippen LogP) is 7.63. The minimum absolute atomic E-state index is 0.0849. The monoisotopic (exact) mass is 452 g/mol. The van der Waals surface area contributed by atoms with E-state index in [2.05, 4.69) is 5.32 Å². The van der Waals surface area contributed by atoms with E-state index in [4.69, 9.17) is 34.8 Å². The summed E-state index contributed by atoms with van der Waals surface area (Å²) in [5, 5.41) is 15.9. The molecule has 0 saturated heterocycles. The Bertz CT molecular complexity index is 1030. The van der Waals surface area contributed by atoms with Crippen LogP contribution in [0.15, 0.2) is 64.4 Å². The van der Waals surface area contributed by atoms with Gasteiger partial charge in [0.05, 0.1) is 15.0 Å². The number of benzene rings is 3. The second kappa shape index (κ2) is 9.05. The molecule has 144 valence electrons. The van der Waals surface area contributed by atoms with E-state index < -0.39 is 4.92 Å². The fourth-order valence-electron chi connectivity index (χ4n) is 2.56. The standard InChI is InChI=1S/C20H15Cl3N2O2S/c1-12-9-15(22)18(10-14(12)21)28-17-8-7-16(25(26)27)20(19(17)23)24-11-13-5-3-2-4-6-13/h2-10,24H,11H2,1H3. The van der Waals surface area contributed by atoms with E-state index in [-0.39, 0.29) is 16.4 Å². The van der Waals surface area contributed by atoms with Crippen molar-refractivity contribution >= 4 is 57.9 Å². The molecule has 0 radical (unpaired) electrons. The Kier molecular flexibility index (Phi) is 6.73. The summed E-state index contributed by atoms with van der Waals surface area (Å²) in [4.78, 5) is 12.4. The molecule has 3 aromatic carbocycles. The SMILES string of the molecule is Cc1cc(Cl)c(Sc2ccc([N+](=O)[O-])c(NCc3ccccc3)c2Cl)cc1Cl. The lowest BCUT2D eigenvalue weighted by atomic mass is 10.2. The Balaban J connectivity index is 1.95. The van der Waals surface area contributed by atoms with Crippen LogP contribution < -0.4 is 5.32 Å². The second-order valence-corrected chi connectivity index (χ2v) is 8.28. The minimum Gasteiger partial charge on any atom is -0.374 e. The number of hydrogen-bond donors (Lipinski definition) is 1. The third kappa shape index (κ3) is 4.73. The van der Waals surface area contributed by atoms with Crippen molar-refractivity contribution in [2.45, 2.75) is 23.3 Å². The number of nitro benzene ring substituents is 1. The maximum Gasteiger partial charge on any atom is 0.293 e. The fourth-order valence-corrected chi connectivity index (χ4v) is 4.36. The van der Waals surface area contributed by atoms with Crippen LogP contribution in [0, 0.1) is 17.0 Å². The van der Waals surface area contributed by atoms with Crippen molar-refractivity contribution in [1.29, 1.82) is 0 Å². The van der Waals surface area contributed by atoms with Crippen LogP contribution in [0.3, 0.4) is 0 Å². The van der Waals surface area contributed by atoms with E-state index in [0.717, 1.165) is 16.0 Å². The normalized spacial score (nSPS) is 10.7. The molecule has 28 heavy (non-hydrogen) atoms. The molecule has 4 nitrogen and oxygen atoms in total. The third-order valence-corrected chi connectivity index (χ3v) is 6.48. The summed E-state index contributed by atoms with van der Waals surface area (Å²) in [6.07, 6.45) is 0. The van der Waals surface area contributed by atoms with Crippen LogP contribution in [0.4, 0.5) is 11.4 Å². The number of anilines is 1. The topological polar surface area (TPSA) is 55.2 Å². The van der Waals surface area contributed by atoms with Gasteiger partial charge >= 0.3 is 0 Å². The first-order valence-electron chi connectivity index (χ1n) is 8.25. The molecular formula is C20H15Cl3N2O2S. The van der Waals surface area contributed by atoms with Crippen molar-refractivity contribution in [3.05, 3.63) is 90.9 Å². The summed E-state index contributed by atoms with van der Waals surface area (Å²) >= 11 is 20.4. The molecule has 0 spiro atoms. The highest BCUT2D eigenvalue weighted by molar-refractivity contribution is 7.99. The Morgan fingerprint density at radius 1 is 1.00 bits per heavy atom. The van der Waals surface area contributed by atoms with Gasteiger partial charge < -0.3 is 5.32 Å². The summed E-state index contributed by atoms with van der Waals surface area (Å²) in [6.45, 7) is 2.28. The summed E-state index contributed by atoms with van der Waals surface area (Å²) in [7, 11) is 0. The number of hydrogen-bond acceptors (Lipinski definition) is 4. The Morgan fingerprint density at radius 2 is 1.71 bits per heavy atom. The van der Waals surface area contributed by atoms with Crippen LogP contribution in [0.5, 0.6) is 0 Å². The van der Waals surface area contributed by atoms with Gasteiger partial charge in [-0.3, -0.25) is 10.1 Å². The molecule has 0 bridgehead atoms. The molecule has 1 N–H and O–H groups in total. The minimum atomic E-state index is -0.455. The van der Waals surface area contributed by atoms with Gasteiger partial charge in [0.25, 0.3) is 5.69 Å². The molecule has 0 aliphatic carbocycles. The van der Waals surface area contributed by atoms with Crippen LogP contribution >= 0.6 is 46.6 Å². The summed E-state index contributed by atoms with van der Waals surface area (Å²) in [5.74, 6) is 0. The highest BCUT2D eigenvalue weighted by atomic mass is 35.5. The van der Waals surface area contributed by atoms with Crippen molar-refractivity contribution in [3.8, 4) is 0 Å². The number of rotatable bonds is 6. The van der Waals surface area contributed by atoms with Crippen LogP contribution in [-0.2, 0) is 6.54 Å². The van der Waals surface area contributed by atoms with Crippen molar-refractivity contribution in [3.63, 3.8) is 0 Å². The van der Waals surface area contributed by atoms with Gasteiger partial charge in [-0.1, -0.05) is 76.9 Å². The van der Waals surface area contributed by atoms with Crippen molar-refractivity contribution in [2.75, 3.05) is 5.32 Å². The average Bonchev–Trinajstić information content (AvgIpc) is 2.67. The molecule has 0 saturated carbocycles. The van der Waals surface area contributed by atoms with Crippen molar-refractivity contribution < 1.29 is 4.92 Å². The van der Waals surface area contributed by atoms with Crippen LogP contribution in [0.25, 0.3) is 0 Å². The summed E-state index contributed by atoms with van der Waals surface area (Å²) < 4.78 is 0. The van der Waals surface area contributed by atoms with Crippen molar-refractivity contribution in [1.82, 2.24) is 0 Å². The lowest BCUT2D eigenvalue weighted by molar-refractivity contribution is -0.384. The van der Waals surface area contributed by atoms with Crippen LogP contribution in [-0.4, -0.2) is 4.92 Å². The summed E-state index contributed by atoms with van der Waals surface area (Å²) in [5.41, 5.74) is 2.04. The molecule has 0 aromatic heterocycles. The van der Waals surface area contributed by atoms with Gasteiger partial charge in [-0.25, -0.2) is 0 Å². The van der Waals surface area contributed by atoms with E-state index in [1.807, 2.05) is 37.3 Å². The fraction of sp³-hybridized carbons (Fsp3) is 0.100. The zero-order valence-corrected chi connectivity index (χ0v) is 17.8. The molecule has 3 rings (SSSR count). The van der Waals surface area contributed by atoms with Gasteiger partial charge in [0.1, 0.15) is 5.69 Å². The van der Waals surface area contributed by atoms with Gasteiger partial charge in [-0.05, 0) is 36.2 Å². The number of nitro groups is 1. The number of nitrogens with one attached hydrogen (secondary N) is 1. The molecule has 0 unspecified atom stereocenters. The van der Waals surface area contributed by atoms with Gasteiger partial charge in [0.15, 0.2) is 0 Å². The van der Waals surface area contributed by atoms with E-state index in [0.29, 0.717) is 21.5 Å². The smallest absolute Gasteiger partial charge is 0.293 e. The average molecular weight is 454 g/mol. The van der Waals surface area contributed by atoms with E-state index in [1.54, 1.807) is 18.2 Å². The van der Waals surface area contributed by atoms with Crippen molar-refractivity contribution in [2.24, 2.45) is 0 Å². The van der Waals surface area contributed by atoms with Gasteiger partial charge in [-0.15, -0.1) is 0 Å². The van der Waals surface area contributed by atoms with Crippen LogP contribution in [0.1, 0.15) is 11.1 Å².